The van der Waals surface area contributed by atoms with Gasteiger partial charge in [-0.25, -0.2) is 0 Å². The van der Waals surface area contributed by atoms with Gasteiger partial charge in [0.1, 0.15) is 6.10 Å². The summed E-state index contributed by atoms with van der Waals surface area (Å²) in [5.41, 5.74) is 0. The third-order valence-corrected chi connectivity index (χ3v) is 3.78. The molecular formula is C18H38Br3NaO12. The van der Waals surface area contributed by atoms with Gasteiger partial charge in [-0.15, -0.1) is 6.58 Å². The Kier molecular flexibility index (Phi) is 49.4. The van der Waals surface area contributed by atoms with Crippen molar-refractivity contribution in [2.75, 3.05) is 72.9 Å². The Morgan fingerprint density at radius 1 is 0.882 bits per heavy atom. The fourth-order valence-electron chi connectivity index (χ4n) is 1.27. The Labute approximate surface area is 247 Å². The molecule has 5 N–H and O–H groups in total. The third-order valence-electron chi connectivity index (χ3n) is 3.03. The molecule has 0 amide bonds. The van der Waals surface area contributed by atoms with E-state index < -0.39 is 25.0 Å². The quantitative estimate of drug-likeness (QED) is 0.0339. The van der Waals surface area contributed by atoms with Crippen LogP contribution in [0.2, 0.25) is 0 Å². The van der Waals surface area contributed by atoms with Crippen molar-refractivity contribution in [2.45, 2.75) is 31.1 Å². The van der Waals surface area contributed by atoms with E-state index in [1.165, 1.54) is 21.3 Å². The van der Waals surface area contributed by atoms with Crippen LogP contribution in [0.25, 0.3) is 0 Å². The summed E-state index contributed by atoms with van der Waals surface area (Å²) in [6.45, 7) is 5.92. The van der Waals surface area contributed by atoms with E-state index in [0.29, 0.717) is 18.5 Å². The van der Waals surface area contributed by atoms with Gasteiger partial charge in [0.2, 0.25) is 0 Å². The van der Waals surface area contributed by atoms with Crippen LogP contribution in [0.5, 0.6) is 0 Å². The monoisotopic (exact) mass is 706 g/mol. The number of aliphatic hydroxyl groups is 4. The molecule has 1 rings (SSSR count). The molecule has 0 radical (unpaired) electrons. The molecule has 0 spiro atoms. The van der Waals surface area contributed by atoms with Crippen LogP contribution < -0.4 is 29.6 Å². The van der Waals surface area contributed by atoms with E-state index in [2.05, 4.69) is 65.0 Å². The summed E-state index contributed by atoms with van der Waals surface area (Å²) >= 11 is 8.58. The molecule has 1 aliphatic heterocycles. The SMILES string of the molecule is BrBr.C=CCOCC(O)OC.COC(O)COCC(O)CBr.COC(O)COCC1CO1.[Na+].[OH-]. The van der Waals surface area contributed by atoms with E-state index in [1.807, 2.05) is 0 Å². The number of aliphatic hydroxyl groups excluding tert-OH is 4. The Hall–Kier alpha value is 1.70. The summed E-state index contributed by atoms with van der Waals surface area (Å²) in [7, 11) is 4.23. The number of halogens is 3. The first-order valence-corrected chi connectivity index (χ1v) is 14.1. The van der Waals surface area contributed by atoms with Crippen molar-refractivity contribution in [2.24, 2.45) is 0 Å². The largest absolute Gasteiger partial charge is 1.00 e. The van der Waals surface area contributed by atoms with Gasteiger partial charge < -0.3 is 59.1 Å². The first kappa shape index (κ1) is 45.6. The fraction of sp³-hybridized carbons (Fsp3) is 0.889. The standard InChI is InChI=1S/C6H13BrO4.C6H12O4.C6H12O3.Br2.Na.H2O/c1-10-6(9)4-11-3-5(8)2-7;1-8-6(7)4-9-2-5-3-10-5;1-3-4-9-5-6(7)8-2;1-2;;/h5-6,8-9H,2-4H2,1H3;5-7H,2-4H2,1H3;3,6-7H,1,4-5H2,2H3;;;1H2/q;;;;+1;/p-1. The molecule has 34 heavy (non-hydrogen) atoms. The van der Waals surface area contributed by atoms with Gasteiger partial charge in [0.15, 0.2) is 18.9 Å². The molecule has 16 heteroatoms. The van der Waals surface area contributed by atoms with E-state index in [0.717, 1.165) is 6.61 Å². The van der Waals surface area contributed by atoms with E-state index in [-0.39, 0.29) is 67.6 Å². The van der Waals surface area contributed by atoms with Crippen molar-refractivity contribution < 1.29 is 88.6 Å². The van der Waals surface area contributed by atoms with Crippen molar-refractivity contribution >= 4 is 44.2 Å². The Bertz CT molecular complexity index is 367. The van der Waals surface area contributed by atoms with Crippen LogP contribution in [-0.4, -0.2) is 130 Å². The maximum atomic E-state index is 8.95. The molecule has 1 heterocycles. The van der Waals surface area contributed by atoms with Gasteiger partial charge in [0.05, 0.1) is 52.4 Å². The van der Waals surface area contributed by atoms with Gasteiger partial charge in [-0.2, -0.15) is 0 Å². The van der Waals surface area contributed by atoms with Crippen LogP contribution in [0.3, 0.4) is 0 Å². The van der Waals surface area contributed by atoms with Gasteiger partial charge in [-0.1, -0.05) is 22.0 Å². The summed E-state index contributed by atoms with van der Waals surface area (Å²) in [6.07, 6.45) is -1.19. The van der Waals surface area contributed by atoms with E-state index in [4.69, 9.17) is 39.4 Å². The van der Waals surface area contributed by atoms with Crippen molar-refractivity contribution in [1.82, 2.24) is 0 Å². The van der Waals surface area contributed by atoms with E-state index >= 15 is 0 Å². The number of hydrogen-bond acceptors (Lipinski definition) is 12. The maximum absolute atomic E-state index is 8.95. The van der Waals surface area contributed by atoms with Crippen LogP contribution in [0.4, 0.5) is 0 Å². The van der Waals surface area contributed by atoms with E-state index in [1.54, 1.807) is 6.08 Å². The van der Waals surface area contributed by atoms with Crippen molar-refractivity contribution in [1.29, 1.82) is 0 Å². The average molecular weight is 709 g/mol. The molecule has 1 saturated heterocycles. The molecule has 1 aliphatic rings. The Balaban J connectivity index is -0.000000116. The second kappa shape index (κ2) is 36.9. The second-order valence-electron chi connectivity index (χ2n) is 5.74. The first-order chi connectivity index (χ1) is 15.3. The second-order valence-corrected chi connectivity index (χ2v) is 6.38. The van der Waals surface area contributed by atoms with Gasteiger partial charge >= 0.3 is 29.6 Å². The number of hydrogen-bond donors (Lipinski definition) is 4. The van der Waals surface area contributed by atoms with Crippen LogP contribution in [-0.2, 0) is 33.2 Å². The number of epoxide rings is 1. The van der Waals surface area contributed by atoms with Gasteiger partial charge in [0, 0.05) is 54.9 Å². The predicted molar refractivity (Wildman–Crippen MR) is 131 cm³/mol. The van der Waals surface area contributed by atoms with Gasteiger partial charge in [-0.3, -0.25) is 0 Å². The van der Waals surface area contributed by atoms with Crippen molar-refractivity contribution in [3.63, 3.8) is 0 Å². The zero-order valence-electron chi connectivity index (χ0n) is 20.1. The van der Waals surface area contributed by atoms with Gasteiger partial charge in [0.25, 0.3) is 0 Å². The minimum atomic E-state index is -0.905. The number of rotatable bonds is 16. The fourth-order valence-corrected chi connectivity index (χ4v) is 1.46. The van der Waals surface area contributed by atoms with Crippen LogP contribution >= 0.6 is 44.2 Å². The molecule has 12 nitrogen and oxygen atoms in total. The molecular weight excluding hydrogens is 671 g/mol. The minimum Gasteiger partial charge on any atom is -0.870 e. The first-order valence-electron chi connectivity index (χ1n) is 9.31. The third kappa shape index (κ3) is 40.9. The van der Waals surface area contributed by atoms with Crippen LogP contribution in [0.1, 0.15) is 0 Å². The number of ether oxygens (including phenoxy) is 7. The minimum absolute atomic E-state index is 0. The summed E-state index contributed by atoms with van der Waals surface area (Å²) in [6, 6.07) is 0. The molecule has 204 valence electrons. The Morgan fingerprint density at radius 2 is 1.29 bits per heavy atom. The van der Waals surface area contributed by atoms with Crippen molar-refractivity contribution in [3.8, 4) is 0 Å². The Morgan fingerprint density at radius 3 is 1.65 bits per heavy atom. The summed E-state index contributed by atoms with van der Waals surface area (Å²) in [5, 5.41) is 35.7. The van der Waals surface area contributed by atoms with Crippen LogP contribution in [0.15, 0.2) is 12.7 Å². The molecule has 0 bridgehead atoms. The molecule has 0 saturated carbocycles. The van der Waals surface area contributed by atoms with E-state index in [9.17, 15) is 0 Å². The van der Waals surface area contributed by atoms with Gasteiger partial charge in [-0.05, 0) is 0 Å². The average Bonchev–Trinajstić information content (AvgIpc) is 3.65. The smallest absolute Gasteiger partial charge is 0.870 e. The maximum Gasteiger partial charge on any atom is 1.00 e. The molecule has 5 unspecified atom stereocenters. The molecule has 1 fully saturated rings. The normalized spacial score (nSPS) is 16.7. The summed E-state index contributed by atoms with van der Waals surface area (Å²) < 4.78 is 33.2. The van der Waals surface area contributed by atoms with Crippen molar-refractivity contribution in [3.05, 3.63) is 12.7 Å². The number of methoxy groups -OCH3 is 3. The molecule has 0 aliphatic carbocycles. The predicted octanol–water partition coefficient (Wildman–Crippen LogP) is -2.24. The summed E-state index contributed by atoms with van der Waals surface area (Å²) in [5.74, 6) is 0. The molecule has 0 aromatic heterocycles. The molecule has 5 atom stereocenters. The zero-order valence-corrected chi connectivity index (χ0v) is 26.8. The zero-order chi connectivity index (χ0) is 25.2. The molecule has 0 aromatic rings. The number of alkyl halides is 1. The van der Waals surface area contributed by atoms with Crippen LogP contribution in [0, 0.1) is 0 Å². The molecule has 0 aromatic carbocycles. The summed E-state index contributed by atoms with van der Waals surface area (Å²) in [4.78, 5) is 0. The topological polar surface area (TPSA) is 179 Å².